The van der Waals surface area contributed by atoms with E-state index >= 15 is 0 Å². The molecule has 0 N–H and O–H groups in total. The van der Waals surface area contributed by atoms with Crippen LogP contribution in [0.5, 0.6) is 0 Å². The molecule has 1 heterocycles. The normalized spacial score (nSPS) is 10.7. The van der Waals surface area contributed by atoms with Crippen LogP contribution >= 0.6 is 0 Å². The lowest BCUT2D eigenvalue weighted by Crippen LogP contribution is -2.17. The number of carbonyl (C=O) groups excluding carboxylic acids is 1. The van der Waals surface area contributed by atoms with Crippen molar-refractivity contribution in [2.75, 3.05) is 13.6 Å². The van der Waals surface area contributed by atoms with Crippen LogP contribution in [0.1, 0.15) is 23.2 Å². The third-order valence-corrected chi connectivity index (χ3v) is 4.31. The topological polar surface area (TPSA) is 33.2 Å². The first-order valence-corrected chi connectivity index (χ1v) is 8.32. The average molecular weight is 318 g/mol. The molecule has 0 unspecified atom stereocenters. The minimum Gasteiger partial charge on any atom is -0.348 e. The Morgan fingerprint density at radius 3 is 2.54 bits per heavy atom. The van der Waals surface area contributed by atoms with Crippen LogP contribution in [0.2, 0.25) is 0 Å². The van der Waals surface area contributed by atoms with Crippen molar-refractivity contribution in [1.29, 1.82) is 0 Å². The molecule has 0 spiro atoms. The third-order valence-electron chi connectivity index (χ3n) is 4.31. The van der Waals surface area contributed by atoms with Gasteiger partial charge in [0.2, 0.25) is 6.41 Å². The zero-order valence-electron chi connectivity index (χ0n) is 14.0. The highest BCUT2D eigenvalue weighted by molar-refractivity contribution is 5.84. The van der Waals surface area contributed by atoms with E-state index < -0.39 is 0 Å². The molecule has 0 aliphatic rings. The Bertz CT molecular complexity index is 806. The van der Waals surface area contributed by atoms with Crippen molar-refractivity contribution >= 4 is 17.2 Å². The molecule has 1 aromatic heterocycles. The van der Waals surface area contributed by atoms with Gasteiger partial charge in [0, 0.05) is 31.6 Å². The first-order valence-electron chi connectivity index (χ1n) is 8.32. The molecule has 0 saturated heterocycles. The molecule has 0 radical (unpaired) electrons. The summed E-state index contributed by atoms with van der Waals surface area (Å²) in [5.41, 5.74) is 3.70. The molecular weight excluding hydrogens is 296 g/mol. The van der Waals surface area contributed by atoms with Crippen LogP contribution in [0.3, 0.4) is 0 Å². The highest BCUT2D eigenvalue weighted by Crippen LogP contribution is 2.19. The number of nitrogens with zero attached hydrogens (tertiary/aromatic N) is 2. The van der Waals surface area contributed by atoms with Crippen LogP contribution in [0, 0.1) is 0 Å². The Morgan fingerprint density at radius 1 is 1.00 bits per heavy atom. The Morgan fingerprint density at radius 2 is 1.75 bits per heavy atom. The first-order chi connectivity index (χ1) is 11.8. The maximum absolute atomic E-state index is 10.6. The number of carbonyl (C=O) groups is 1. The molecule has 1 amide bonds. The molecule has 3 rings (SSSR count). The van der Waals surface area contributed by atoms with E-state index in [0.717, 1.165) is 37.9 Å². The average Bonchev–Trinajstić information content (AvgIpc) is 2.63. The van der Waals surface area contributed by atoms with Gasteiger partial charge in [-0.25, -0.2) is 0 Å². The number of fused-ring (bicyclic) bond motifs is 1. The van der Waals surface area contributed by atoms with E-state index in [1.165, 1.54) is 21.9 Å². The zero-order chi connectivity index (χ0) is 16.8. The molecule has 0 aliphatic heterocycles. The van der Waals surface area contributed by atoms with Gasteiger partial charge < -0.3 is 4.90 Å². The summed E-state index contributed by atoms with van der Waals surface area (Å²) in [4.78, 5) is 16.8. The fraction of sp³-hybridized carbons (Fsp3) is 0.238. The largest absolute Gasteiger partial charge is 0.348 e. The Hall–Kier alpha value is -2.68. The fourth-order valence-corrected chi connectivity index (χ4v) is 2.93. The summed E-state index contributed by atoms with van der Waals surface area (Å²) in [6, 6.07) is 19.2. The predicted octanol–water partition coefficient (Wildman–Crippen LogP) is 3.85. The third kappa shape index (κ3) is 3.99. The molecule has 0 bridgehead atoms. The first kappa shape index (κ1) is 16.2. The van der Waals surface area contributed by atoms with Crippen LogP contribution in [0.15, 0.2) is 60.8 Å². The van der Waals surface area contributed by atoms with Gasteiger partial charge in [0.05, 0.1) is 5.69 Å². The molecule has 0 fully saturated rings. The van der Waals surface area contributed by atoms with Crippen molar-refractivity contribution in [3.63, 3.8) is 0 Å². The molecule has 2 aromatic carbocycles. The number of hydrogen-bond donors (Lipinski definition) is 0. The monoisotopic (exact) mass is 318 g/mol. The number of pyridine rings is 1. The summed E-state index contributed by atoms with van der Waals surface area (Å²) in [5, 5.41) is 2.46. The van der Waals surface area contributed by atoms with Crippen LogP contribution in [0.25, 0.3) is 10.8 Å². The number of rotatable bonds is 7. The van der Waals surface area contributed by atoms with Gasteiger partial charge in [-0.05, 0) is 35.4 Å². The van der Waals surface area contributed by atoms with Gasteiger partial charge in [0.1, 0.15) is 0 Å². The summed E-state index contributed by atoms with van der Waals surface area (Å²) in [6.07, 6.45) is 5.58. The highest BCUT2D eigenvalue weighted by atomic mass is 16.1. The second-order valence-electron chi connectivity index (χ2n) is 6.16. The van der Waals surface area contributed by atoms with Crippen LogP contribution in [-0.4, -0.2) is 29.9 Å². The standard InChI is InChI=1S/C21H22N2O/c1-23(16-24)14-4-5-17-8-10-18(11-9-17)15-21-20-7-3-2-6-19(20)12-13-22-21/h2-3,6-13,16H,4-5,14-15H2,1H3. The predicted molar refractivity (Wildman–Crippen MR) is 98.0 cm³/mol. The maximum Gasteiger partial charge on any atom is 0.209 e. The smallest absolute Gasteiger partial charge is 0.209 e. The Kier molecular flexibility index (Phi) is 5.22. The van der Waals surface area contributed by atoms with E-state index in [4.69, 9.17) is 0 Å². The van der Waals surface area contributed by atoms with Gasteiger partial charge in [-0.2, -0.15) is 0 Å². The molecule has 3 aromatic rings. The number of amides is 1. The summed E-state index contributed by atoms with van der Waals surface area (Å²) in [7, 11) is 1.81. The summed E-state index contributed by atoms with van der Waals surface area (Å²) in [5.74, 6) is 0. The fourth-order valence-electron chi connectivity index (χ4n) is 2.93. The van der Waals surface area contributed by atoms with Crippen molar-refractivity contribution in [2.45, 2.75) is 19.3 Å². The van der Waals surface area contributed by atoms with Crippen LogP contribution in [0.4, 0.5) is 0 Å². The summed E-state index contributed by atoms with van der Waals surface area (Å²) < 4.78 is 0. The van der Waals surface area contributed by atoms with Crippen LogP contribution < -0.4 is 0 Å². The number of benzene rings is 2. The quantitative estimate of drug-likeness (QED) is 0.620. The van der Waals surface area contributed by atoms with Gasteiger partial charge in [-0.1, -0.05) is 48.5 Å². The second kappa shape index (κ2) is 7.73. The van der Waals surface area contributed by atoms with E-state index in [0.29, 0.717) is 0 Å². The van der Waals surface area contributed by atoms with Crippen LogP contribution in [-0.2, 0) is 17.6 Å². The molecule has 122 valence electrons. The molecule has 0 aliphatic carbocycles. The van der Waals surface area contributed by atoms with Crippen molar-refractivity contribution < 1.29 is 4.79 Å². The van der Waals surface area contributed by atoms with E-state index in [2.05, 4.69) is 59.6 Å². The van der Waals surface area contributed by atoms with Gasteiger partial charge in [0.15, 0.2) is 0 Å². The lowest BCUT2D eigenvalue weighted by molar-refractivity contribution is -0.117. The Labute approximate surface area is 143 Å². The number of hydrogen-bond acceptors (Lipinski definition) is 2. The van der Waals surface area contributed by atoms with Gasteiger partial charge in [0.25, 0.3) is 0 Å². The lowest BCUT2D eigenvalue weighted by Gasteiger charge is -2.10. The van der Waals surface area contributed by atoms with Gasteiger partial charge in [-0.3, -0.25) is 9.78 Å². The minimum atomic E-state index is 0.797. The van der Waals surface area contributed by atoms with E-state index in [-0.39, 0.29) is 0 Å². The molecule has 0 saturated carbocycles. The molecule has 3 heteroatoms. The molecule has 24 heavy (non-hydrogen) atoms. The number of aryl methyl sites for hydroxylation is 1. The molecule has 0 atom stereocenters. The van der Waals surface area contributed by atoms with E-state index in [1.54, 1.807) is 4.90 Å². The highest BCUT2D eigenvalue weighted by Gasteiger charge is 2.04. The summed E-state index contributed by atoms with van der Waals surface area (Å²) in [6.45, 7) is 0.797. The SMILES string of the molecule is CN(C=O)CCCc1ccc(Cc2nccc3ccccc23)cc1. The van der Waals surface area contributed by atoms with Gasteiger partial charge in [-0.15, -0.1) is 0 Å². The number of aromatic nitrogens is 1. The molecule has 3 nitrogen and oxygen atoms in total. The van der Waals surface area contributed by atoms with Gasteiger partial charge >= 0.3 is 0 Å². The van der Waals surface area contributed by atoms with Crippen molar-refractivity contribution in [3.8, 4) is 0 Å². The Balaban J connectivity index is 1.66. The van der Waals surface area contributed by atoms with Crippen molar-refractivity contribution in [3.05, 3.63) is 77.6 Å². The van der Waals surface area contributed by atoms with Crippen molar-refractivity contribution in [2.24, 2.45) is 0 Å². The minimum absolute atomic E-state index is 0.797. The van der Waals surface area contributed by atoms with E-state index in [1.807, 2.05) is 13.2 Å². The van der Waals surface area contributed by atoms with E-state index in [9.17, 15) is 4.79 Å². The second-order valence-corrected chi connectivity index (χ2v) is 6.16. The molecular formula is C21H22N2O. The zero-order valence-corrected chi connectivity index (χ0v) is 14.0. The lowest BCUT2D eigenvalue weighted by atomic mass is 10.0. The maximum atomic E-state index is 10.6. The van der Waals surface area contributed by atoms with Crippen molar-refractivity contribution in [1.82, 2.24) is 9.88 Å². The summed E-state index contributed by atoms with van der Waals surface area (Å²) >= 11 is 0.